The number of hydrogen-bond acceptors (Lipinski definition) is 4. The first-order valence-electron chi connectivity index (χ1n) is 9.14. The van der Waals surface area contributed by atoms with Gasteiger partial charge in [0.2, 0.25) is 0 Å². The van der Waals surface area contributed by atoms with E-state index in [1.165, 1.54) is 42.3 Å². The molecule has 142 valence electrons. The molecule has 0 unspecified atom stereocenters. The molecule has 1 fully saturated rings. The first kappa shape index (κ1) is 19.6. The van der Waals surface area contributed by atoms with Crippen molar-refractivity contribution in [2.24, 2.45) is 15.9 Å². The van der Waals surface area contributed by atoms with Gasteiger partial charge < -0.3 is 10.5 Å². The van der Waals surface area contributed by atoms with E-state index < -0.39 is 0 Å². The van der Waals surface area contributed by atoms with Crippen molar-refractivity contribution < 1.29 is 9.13 Å². The summed E-state index contributed by atoms with van der Waals surface area (Å²) < 4.78 is 19.5. The number of amidine groups is 1. The first-order chi connectivity index (χ1) is 13.2. The molecule has 2 N–H and O–H groups in total. The monoisotopic (exact) mass is 385 g/mol. The average Bonchev–Trinajstić information content (AvgIpc) is 3.20. The molecule has 4 nitrogen and oxygen atoms in total. The van der Waals surface area contributed by atoms with E-state index in [1.54, 1.807) is 12.3 Å². The molecule has 1 aliphatic carbocycles. The highest BCUT2D eigenvalue weighted by molar-refractivity contribution is 8.13. The van der Waals surface area contributed by atoms with Gasteiger partial charge in [-0.2, -0.15) is 5.10 Å². The minimum Gasteiger partial charge on any atom is -0.377 e. The smallest absolute Gasteiger partial charge is 0.180 e. The van der Waals surface area contributed by atoms with Crippen molar-refractivity contribution in [3.63, 3.8) is 0 Å². The fourth-order valence-electron chi connectivity index (χ4n) is 3.00. The molecule has 1 aliphatic rings. The summed E-state index contributed by atoms with van der Waals surface area (Å²) in [5.41, 5.74) is 8.64. The van der Waals surface area contributed by atoms with Crippen LogP contribution in [0.3, 0.4) is 0 Å². The summed E-state index contributed by atoms with van der Waals surface area (Å²) in [5.74, 6) is 0.460. The molecular formula is C21H24FN3OS. The third-order valence-corrected chi connectivity index (χ3v) is 5.32. The number of ether oxygens (including phenoxy) is 1. The Balaban J connectivity index is 1.58. The third-order valence-electron chi connectivity index (χ3n) is 4.46. The maximum Gasteiger partial charge on any atom is 0.180 e. The maximum absolute atomic E-state index is 13.6. The van der Waals surface area contributed by atoms with Crippen LogP contribution >= 0.6 is 11.8 Å². The number of nitrogens with zero attached hydrogens (tertiary/aromatic N) is 2. The van der Waals surface area contributed by atoms with E-state index in [-0.39, 0.29) is 11.9 Å². The lowest BCUT2D eigenvalue weighted by atomic mass is 10.1. The van der Waals surface area contributed by atoms with Gasteiger partial charge in [-0.25, -0.2) is 4.39 Å². The number of hydrogen-bond donors (Lipinski definition) is 1. The molecular weight excluding hydrogens is 361 g/mol. The van der Waals surface area contributed by atoms with Crippen molar-refractivity contribution >= 4 is 23.1 Å². The highest BCUT2D eigenvalue weighted by Crippen LogP contribution is 2.23. The van der Waals surface area contributed by atoms with E-state index in [2.05, 4.69) is 10.2 Å². The van der Waals surface area contributed by atoms with E-state index in [9.17, 15) is 4.39 Å². The van der Waals surface area contributed by atoms with Crippen LogP contribution in [0.15, 0.2) is 58.7 Å². The lowest BCUT2D eigenvalue weighted by Crippen LogP contribution is -2.09. The van der Waals surface area contributed by atoms with Crippen LogP contribution in [0.5, 0.6) is 0 Å². The second-order valence-electron chi connectivity index (χ2n) is 6.52. The molecule has 3 rings (SSSR count). The molecule has 0 spiro atoms. The first-order valence-corrected chi connectivity index (χ1v) is 10.1. The minimum absolute atomic E-state index is 0.279. The zero-order valence-corrected chi connectivity index (χ0v) is 16.0. The van der Waals surface area contributed by atoms with Crippen LogP contribution in [0.4, 0.5) is 4.39 Å². The Kier molecular flexibility index (Phi) is 7.42. The molecule has 0 aromatic heterocycles. The van der Waals surface area contributed by atoms with Crippen LogP contribution in [0.1, 0.15) is 42.4 Å². The van der Waals surface area contributed by atoms with Gasteiger partial charge in [0.25, 0.3) is 0 Å². The molecule has 2 aromatic carbocycles. The van der Waals surface area contributed by atoms with Crippen molar-refractivity contribution in [2.75, 3.05) is 0 Å². The van der Waals surface area contributed by atoms with Crippen molar-refractivity contribution in [1.29, 1.82) is 0 Å². The van der Waals surface area contributed by atoms with E-state index in [4.69, 9.17) is 10.5 Å². The second kappa shape index (κ2) is 10.2. The molecule has 27 heavy (non-hydrogen) atoms. The van der Waals surface area contributed by atoms with Gasteiger partial charge in [0.1, 0.15) is 5.82 Å². The Bertz CT molecular complexity index is 789. The van der Waals surface area contributed by atoms with Crippen LogP contribution in [0.25, 0.3) is 0 Å². The Morgan fingerprint density at radius 1 is 1.19 bits per heavy atom. The van der Waals surface area contributed by atoms with Gasteiger partial charge in [-0.3, -0.25) is 0 Å². The van der Waals surface area contributed by atoms with Crippen molar-refractivity contribution in [3.8, 4) is 0 Å². The van der Waals surface area contributed by atoms with E-state index in [0.717, 1.165) is 29.7 Å². The van der Waals surface area contributed by atoms with Gasteiger partial charge in [0, 0.05) is 11.3 Å². The summed E-state index contributed by atoms with van der Waals surface area (Å²) in [4.78, 5) is 0. The molecule has 0 amide bonds. The molecule has 6 heteroatoms. The number of halogens is 1. The SMILES string of the molecule is NC(=NN=Cc1ccc(F)cc1COC1CCCC1)SCc1ccccc1. The molecule has 0 atom stereocenters. The van der Waals surface area contributed by atoms with Gasteiger partial charge in [0.15, 0.2) is 5.17 Å². The minimum atomic E-state index is -0.279. The van der Waals surface area contributed by atoms with Crippen molar-refractivity contribution in [2.45, 2.75) is 44.1 Å². The van der Waals surface area contributed by atoms with Gasteiger partial charge in [-0.05, 0) is 36.1 Å². The van der Waals surface area contributed by atoms with Crippen molar-refractivity contribution in [1.82, 2.24) is 0 Å². The molecule has 0 saturated heterocycles. The van der Waals surface area contributed by atoms with Gasteiger partial charge >= 0.3 is 0 Å². The van der Waals surface area contributed by atoms with Gasteiger partial charge in [-0.1, -0.05) is 61.0 Å². The zero-order chi connectivity index (χ0) is 18.9. The average molecular weight is 386 g/mol. The van der Waals surface area contributed by atoms with Crippen LogP contribution in [0, 0.1) is 5.82 Å². The Morgan fingerprint density at radius 2 is 1.96 bits per heavy atom. The summed E-state index contributed by atoms with van der Waals surface area (Å²) in [7, 11) is 0. The lowest BCUT2D eigenvalue weighted by Gasteiger charge is -2.12. The number of thioether (sulfide) groups is 1. The van der Waals surface area contributed by atoms with Crippen LogP contribution in [0.2, 0.25) is 0 Å². The quantitative estimate of drug-likeness (QED) is 0.420. The van der Waals surface area contributed by atoms with Crippen molar-refractivity contribution in [3.05, 3.63) is 71.0 Å². The largest absolute Gasteiger partial charge is 0.377 e. The molecule has 0 radical (unpaired) electrons. The van der Waals surface area contributed by atoms with Gasteiger partial charge in [0.05, 0.1) is 18.9 Å². The highest BCUT2D eigenvalue weighted by atomic mass is 32.2. The third kappa shape index (κ3) is 6.48. The zero-order valence-electron chi connectivity index (χ0n) is 15.2. The maximum atomic E-state index is 13.6. The number of benzene rings is 2. The molecule has 2 aromatic rings. The summed E-state index contributed by atoms with van der Waals surface area (Å²) in [6, 6.07) is 14.6. The lowest BCUT2D eigenvalue weighted by molar-refractivity contribution is 0.0455. The molecule has 0 heterocycles. The molecule has 0 aliphatic heterocycles. The summed E-state index contributed by atoms with van der Waals surface area (Å²) in [5, 5.41) is 8.48. The second-order valence-corrected chi connectivity index (χ2v) is 7.51. The Hall–Kier alpha value is -2.18. The van der Waals surface area contributed by atoms with Crippen LogP contribution < -0.4 is 5.73 Å². The number of rotatable bonds is 7. The normalized spacial score (nSPS) is 15.7. The summed E-state index contributed by atoms with van der Waals surface area (Å²) >= 11 is 1.43. The summed E-state index contributed by atoms with van der Waals surface area (Å²) in [6.07, 6.45) is 6.45. The highest BCUT2D eigenvalue weighted by Gasteiger charge is 2.16. The molecule has 1 saturated carbocycles. The van der Waals surface area contributed by atoms with Gasteiger partial charge in [-0.15, -0.1) is 5.10 Å². The van der Waals surface area contributed by atoms with E-state index in [0.29, 0.717) is 11.8 Å². The van der Waals surface area contributed by atoms with Crippen LogP contribution in [-0.4, -0.2) is 17.5 Å². The fraction of sp³-hybridized carbons (Fsp3) is 0.333. The summed E-state index contributed by atoms with van der Waals surface area (Å²) in [6.45, 7) is 0.381. The fourth-order valence-corrected chi connectivity index (χ4v) is 3.61. The van der Waals surface area contributed by atoms with E-state index >= 15 is 0 Å². The Morgan fingerprint density at radius 3 is 2.74 bits per heavy atom. The standard InChI is InChI=1S/C21H24FN3OS/c22-19-11-10-17(18(12-19)14-26-20-8-4-5-9-20)13-24-25-21(23)27-15-16-6-2-1-3-7-16/h1-3,6-7,10-13,20H,4-5,8-9,14-15H2,(H2,23,25). The molecule has 0 bridgehead atoms. The predicted octanol–water partition coefficient (Wildman–Crippen LogP) is 4.87. The topological polar surface area (TPSA) is 60.0 Å². The van der Waals surface area contributed by atoms with Crippen LogP contribution in [-0.2, 0) is 17.1 Å². The number of nitrogens with two attached hydrogens (primary N) is 1. The predicted molar refractivity (Wildman–Crippen MR) is 110 cm³/mol. The van der Waals surface area contributed by atoms with E-state index in [1.807, 2.05) is 30.3 Å². The Labute approximate surface area is 163 Å².